The van der Waals surface area contributed by atoms with Crippen LogP contribution in [-0.2, 0) is 13.6 Å². The number of aryl methyl sites for hydroxylation is 1. The highest BCUT2D eigenvalue weighted by atomic mass is 79.9. The summed E-state index contributed by atoms with van der Waals surface area (Å²) in [6, 6.07) is 8.22. The largest absolute Gasteiger partial charge is 0.573 e. The molecule has 0 amide bonds. The smallest absolute Gasteiger partial charge is 0.404 e. The van der Waals surface area contributed by atoms with Gasteiger partial charge in [-0.3, -0.25) is 0 Å². The number of aromatic nitrogens is 1. The van der Waals surface area contributed by atoms with E-state index in [-0.39, 0.29) is 11.4 Å². The maximum Gasteiger partial charge on any atom is 0.573 e. The number of ether oxygens (including phenoxy) is 1. The number of benzene rings is 1. The molecule has 0 aliphatic heterocycles. The average Bonchev–Trinajstić information content (AvgIpc) is 2.72. The first-order chi connectivity index (χ1) is 9.35. The highest BCUT2D eigenvalue weighted by Gasteiger charge is 2.32. The van der Waals surface area contributed by atoms with Crippen LogP contribution < -0.4 is 10.1 Å². The molecule has 1 heterocycles. The minimum absolute atomic E-state index is 0.263. The monoisotopic (exact) mass is 348 g/mol. The fraction of sp³-hybridized carbons (Fsp3) is 0.231. The molecule has 108 valence electrons. The number of hydrogen-bond acceptors (Lipinski definition) is 2. The van der Waals surface area contributed by atoms with E-state index in [1.165, 1.54) is 12.1 Å². The molecular weight excluding hydrogens is 337 g/mol. The zero-order chi connectivity index (χ0) is 14.8. The minimum Gasteiger partial charge on any atom is -0.404 e. The van der Waals surface area contributed by atoms with E-state index in [0.717, 1.165) is 5.69 Å². The second kappa shape index (κ2) is 5.78. The minimum atomic E-state index is -4.72. The Labute approximate surface area is 122 Å². The first-order valence-electron chi connectivity index (χ1n) is 5.74. The van der Waals surface area contributed by atoms with E-state index >= 15 is 0 Å². The van der Waals surface area contributed by atoms with Crippen molar-refractivity contribution in [2.45, 2.75) is 12.9 Å². The number of nitrogens with one attached hydrogen (secondary N) is 1. The average molecular weight is 349 g/mol. The first kappa shape index (κ1) is 14.8. The summed E-state index contributed by atoms with van der Waals surface area (Å²) in [7, 11) is 1.87. The highest BCUT2D eigenvalue weighted by Crippen LogP contribution is 2.33. The molecule has 1 N–H and O–H groups in total. The van der Waals surface area contributed by atoms with Crippen LogP contribution in [0.5, 0.6) is 5.75 Å². The van der Waals surface area contributed by atoms with Gasteiger partial charge in [0, 0.05) is 23.4 Å². The summed E-state index contributed by atoms with van der Waals surface area (Å²) in [6.07, 6.45) is -2.85. The van der Waals surface area contributed by atoms with Gasteiger partial charge in [0.1, 0.15) is 0 Å². The third-order valence-electron chi connectivity index (χ3n) is 2.68. The summed E-state index contributed by atoms with van der Waals surface area (Å²) in [6.45, 7) is 0.402. The lowest BCUT2D eigenvalue weighted by atomic mass is 10.3. The third-order valence-corrected chi connectivity index (χ3v) is 3.17. The molecule has 0 bridgehead atoms. The molecule has 0 spiro atoms. The number of alkyl halides is 3. The predicted octanol–water partition coefficient (Wildman–Crippen LogP) is 4.30. The van der Waals surface area contributed by atoms with Crippen LogP contribution in [0, 0.1) is 0 Å². The fourth-order valence-electron chi connectivity index (χ4n) is 1.72. The normalized spacial score (nSPS) is 11.4. The molecule has 0 fully saturated rings. The molecule has 20 heavy (non-hydrogen) atoms. The lowest BCUT2D eigenvalue weighted by Gasteiger charge is -2.15. The maximum atomic E-state index is 12.4. The second-order valence-corrected chi connectivity index (χ2v) is 5.07. The van der Waals surface area contributed by atoms with Gasteiger partial charge in [-0.1, -0.05) is 15.9 Å². The van der Waals surface area contributed by atoms with Crippen molar-refractivity contribution in [1.82, 2.24) is 4.57 Å². The Balaban J connectivity index is 2.16. The van der Waals surface area contributed by atoms with Crippen molar-refractivity contribution in [3.05, 3.63) is 46.7 Å². The van der Waals surface area contributed by atoms with Crippen molar-refractivity contribution in [2.75, 3.05) is 5.32 Å². The molecule has 0 atom stereocenters. The third kappa shape index (κ3) is 3.93. The molecule has 0 saturated carbocycles. The zero-order valence-corrected chi connectivity index (χ0v) is 12.1. The van der Waals surface area contributed by atoms with Crippen molar-refractivity contribution in [3.63, 3.8) is 0 Å². The molecule has 0 radical (unpaired) electrons. The molecule has 2 rings (SSSR count). The quantitative estimate of drug-likeness (QED) is 0.891. The summed E-state index contributed by atoms with van der Waals surface area (Å²) in [5.41, 5.74) is 1.23. The number of anilines is 1. The Morgan fingerprint density at radius 2 is 2.05 bits per heavy atom. The molecule has 7 heteroatoms. The Hall–Kier alpha value is -1.63. The Bertz CT molecular complexity index is 596. The summed E-state index contributed by atoms with van der Waals surface area (Å²) in [5, 5.41) is 2.94. The Morgan fingerprint density at radius 3 is 2.65 bits per heavy atom. The van der Waals surface area contributed by atoms with Crippen molar-refractivity contribution in [2.24, 2.45) is 7.05 Å². The highest BCUT2D eigenvalue weighted by molar-refractivity contribution is 9.10. The number of halogens is 4. The van der Waals surface area contributed by atoms with Crippen LogP contribution in [0.1, 0.15) is 5.69 Å². The van der Waals surface area contributed by atoms with Gasteiger partial charge < -0.3 is 14.6 Å². The number of rotatable bonds is 4. The Kier molecular flexibility index (Phi) is 4.27. The van der Waals surface area contributed by atoms with E-state index in [1.807, 2.05) is 29.9 Å². The van der Waals surface area contributed by atoms with Gasteiger partial charge in [0.2, 0.25) is 0 Å². The van der Waals surface area contributed by atoms with E-state index in [4.69, 9.17) is 0 Å². The molecule has 0 saturated heterocycles. The van der Waals surface area contributed by atoms with Gasteiger partial charge >= 0.3 is 6.36 Å². The van der Waals surface area contributed by atoms with Crippen LogP contribution in [-0.4, -0.2) is 10.9 Å². The molecule has 1 aromatic heterocycles. The lowest BCUT2D eigenvalue weighted by Crippen LogP contribution is -2.18. The van der Waals surface area contributed by atoms with E-state index in [1.54, 1.807) is 6.07 Å². The summed E-state index contributed by atoms with van der Waals surface area (Å²) in [5.74, 6) is -0.263. The Morgan fingerprint density at radius 1 is 1.30 bits per heavy atom. The van der Waals surface area contributed by atoms with Crippen LogP contribution in [0.25, 0.3) is 0 Å². The van der Waals surface area contributed by atoms with Gasteiger partial charge in [-0.2, -0.15) is 0 Å². The topological polar surface area (TPSA) is 26.2 Å². The van der Waals surface area contributed by atoms with Gasteiger partial charge in [0.15, 0.2) is 5.75 Å². The van der Waals surface area contributed by atoms with Crippen LogP contribution >= 0.6 is 15.9 Å². The van der Waals surface area contributed by atoms with E-state index in [9.17, 15) is 13.2 Å². The standard InChI is InChI=1S/C13H12BrF3N2O/c1-19-6-2-3-10(19)8-18-11-5-4-9(14)7-12(11)20-13(15,16)17/h2-7,18H,8H2,1H3. The van der Waals surface area contributed by atoms with Gasteiger partial charge in [0.25, 0.3) is 0 Å². The molecule has 2 aromatic rings. The van der Waals surface area contributed by atoms with Crippen LogP contribution in [0.3, 0.4) is 0 Å². The van der Waals surface area contributed by atoms with Crippen LogP contribution in [0.2, 0.25) is 0 Å². The predicted molar refractivity (Wildman–Crippen MR) is 73.6 cm³/mol. The summed E-state index contributed by atoms with van der Waals surface area (Å²) < 4.78 is 43.5. The first-order valence-corrected chi connectivity index (χ1v) is 6.54. The molecule has 0 aliphatic rings. The molecule has 3 nitrogen and oxygen atoms in total. The molecule has 1 aromatic carbocycles. The summed E-state index contributed by atoms with van der Waals surface area (Å²) >= 11 is 3.13. The summed E-state index contributed by atoms with van der Waals surface area (Å²) in [4.78, 5) is 0. The van der Waals surface area contributed by atoms with E-state index < -0.39 is 6.36 Å². The van der Waals surface area contributed by atoms with Crippen molar-refractivity contribution >= 4 is 21.6 Å². The van der Waals surface area contributed by atoms with Gasteiger partial charge in [-0.25, -0.2) is 0 Å². The van der Waals surface area contributed by atoms with Crippen molar-refractivity contribution < 1.29 is 17.9 Å². The van der Waals surface area contributed by atoms with Crippen LogP contribution in [0.4, 0.5) is 18.9 Å². The SMILES string of the molecule is Cn1cccc1CNc1ccc(Br)cc1OC(F)(F)F. The maximum absolute atomic E-state index is 12.4. The van der Waals surface area contributed by atoms with Crippen molar-refractivity contribution in [1.29, 1.82) is 0 Å². The molecule has 0 unspecified atom stereocenters. The fourth-order valence-corrected chi connectivity index (χ4v) is 2.06. The lowest BCUT2D eigenvalue weighted by molar-refractivity contribution is -0.274. The van der Waals surface area contributed by atoms with Gasteiger partial charge in [-0.15, -0.1) is 13.2 Å². The van der Waals surface area contributed by atoms with Crippen molar-refractivity contribution in [3.8, 4) is 5.75 Å². The van der Waals surface area contributed by atoms with Crippen LogP contribution in [0.15, 0.2) is 41.0 Å². The second-order valence-electron chi connectivity index (χ2n) is 4.15. The molecule has 0 aliphatic carbocycles. The van der Waals surface area contributed by atoms with Gasteiger partial charge in [-0.05, 0) is 30.3 Å². The zero-order valence-electron chi connectivity index (χ0n) is 10.5. The number of nitrogens with zero attached hydrogens (tertiary/aromatic N) is 1. The van der Waals surface area contributed by atoms with E-state index in [0.29, 0.717) is 11.0 Å². The van der Waals surface area contributed by atoms with Gasteiger partial charge in [0.05, 0.1) is 12.2 Å². The molecular formula is C13H12BrF3N2O. The van der Waals surface area contributed by atoms with E-state index in [2.05, 4.69) is 26.0 Å². The number of hydrogen-bond donors (Lipinski definition) is 1.